The molecule has 0 aliphatic carbocycles. The minimum Gasteiger partial charge on any atom is -0.465 e. The third kappa shape index (κ3) is 2.26. The number of aliphatic hydroxyl groups is 1. The van der Waals surface area contributed by atoms with Gasteiger partial charge in [-0.2, -0.15) is 0 Å². The number of benzene rings is 1. The molecule has 2 aromatic rings. The number of furan rings is 1. The van der Waals surface area contributed by atoms with Crippen LogP contribution in [0.1, 0.15) is 17.4 Å². The molecule has 78 valence electrons. The van der Waals surface area contributed by atoms with E-state index in [-0.39, 0.29) is 0 Å². The summed E-state index contributed by atoms with van der Waals surface area (Å²) in [5, 5.41) is 10.1. The molecule has 1 aromatic carbocycles. The van der Waals surface area contributed by atoms with E-state index >= 15 is 0 Å². The Balaban J connectivity index is 2.41. The Morgan fingerprint density at radius 2 is 2.00 bits per heavy atom. The molecule has 0 saturated carbocycles. The Labute approximate surface area is 110 Å². The summed E-state index contributed by atoms with van der Waals surface area (Å²) in [4.78, 5) is 0. The fraction of sp³-hybridized carbons (Fsp3) is 0.0909. The zero-order valence-corrected chi connectivity index (χ0v) is 11.4. The third-order valence-corrected chi connectivity index (χ3v) is 3.73. The van der Waals surface area contributed by atoms with Gasteiger partial charge in [-0.25, -0.2) is 0 Å². The summed E-state index contributed by atoms with van der Waals surface area (Å²) in [5.74, 6) is 0.541. The second-order valence-corrected chi connectivity index (χ2v) is 5.07. The van der Waals surface area contributed by atoms with Crippen molar-refractivity contribution in [3.05, 3.63) is 56.0 Å². The lowest BCUT2D eigenvalue weighted by Gasteiger charge is -2.10. The highest BCUT2D eigenvalue weighted by Gasteiger charge is 2.18. The second-order valence-electron chi connectivity index (χ2n) is 3.06. The van der Waals surface area contributed by atoms with Gasteiger partial charge >= 0.3 is 0 Å². The van der Waals surface area contributed by atoms with Gasteiger partial charge in [0.2, 0.25) is 0 Å². The standard InChI is InChI=1S/C11H8BrIO2/c12-8-5-6-15-11(8)10(14)7-3-1-2-4-9(7)13/h1-6,10,14H. The lowest BCUT2D eigenvalue weighted by Crippen LogP contribution is -2.00. The zero-order valence-electron chi connectivity index (χ0n) is 7.65. The van der Waals surface area contributed by atoms with Crippen LogP contribution in [0.4, 0.5) is 0 Å². The first kappa shape index (κ1) is 11.2. The molecule has 0 bridgehead atoms. The molecule has 2 rings (SSSR count). The Morgan fingerprint density at radius 1 is 1.27 bits per heavy atom. The van der Waals surface area contributed by atoms with Gasteiger partial charge in [0, 0.05) is 9.13 Å². The van der Waals surface area contributed by atoms with Crippen LogP contribution < -0.4 is 0 Å². The number of hydrogen-bond acceptors (Lipinski definition) is 2. The van der Waals surface area contributed by atoms with Gasteiger partial charge in [0.1, 0.15) is 6.10 Å². The average Bonchev–Trinajstić information content (AvgIpc) is 2.64. The molecule has 1 aromatic heterocycles. The predicted molar refractivity (Wildman–Crippen MR) is 69.6 cm³/mol. The Hall–Kier alpha value is -0.330. The van der Waals surface area contributed by atoms with Crippen LogP contribution in [0.15, 0.2) is 45.5 Å². The first-order valence-electron chi connectivity index (χ1n) is 4.35. The first-order valence-corrected chi connectivity index (χ1v) is 6.22. The summed E-state index contributed by atoms with van der Waals surface area (Å²) in [7, 11) is 0. The molecule has 0 amide bonds. The maximum absolute atomic E-state index is 10.1. The van der Waals surface area contributed by atoms with E-state index < -0.39 is 6.10 Å². The predicted octanol–water partition coefficient (Wildman–Crippen LogP) is 3.73. The van der Waals surface area contributed by atoms with Crippen LogP contribution in [0.2, 0.25) is 0 Å². The van der Waals surface area contributed by atoms with Crippen molar-refractivity contribution < 1.29 is 9.52 Å². The number of halogens is 2. The van der Waals surface area contributed by atoms with E-state index in [4.69, 9.17) is 4.42 Å². The molecule has 1 unspecified atom stereocenters. The van der Waals surface area contributed by atoms with E-state index in [9.17, 15) is 5.11 Å². The van der Waals surface area contributed by atoms with Gasteiger partial charge in [0.05, 0.1) is 10.7 Å². The van der Waals surface area contributed by atoms with Gasteiger partial charge in [-0.05, 0) is 50.7 Å². The molecular weight excluding hydrogens is 371 g/mol. The van der Waals surface area contributed by atoms with E-state index in [2.05, 4.69) is 38.5 Å². The largest absolute Gasteiger partial charge is 0.465 e. The van der Waals surface area contributed by atoms with Crippen molar-refractivity contribution in [2.75, 3.05) is 0 Å². The van der Waals surface area contributed by atoms with Crippen molar-refractivity contribution >= 4 is 38.5 Å². The molecular formula is C11H8BrIO2. The molecule has 4 heteroatoms. The Morgan fingerprint density at radius 3 is 2.60 bits per heavy atom. The molecule has 0 saturated heterocycles. The molecule has 0 fully saturated rings. The Bertz CT molecular complexity index is 467. The molecule has 0 aliphatic heterocycles. The fourth-order valence-corrected chi connectivity index (χ4v) is 2.44. The van der Waals surface area contributed by atoms with Gasteiger partial charge < -0.3 is 9.52 Å². The first-order chi connectivity index (χ1) is 7.20. The number of rotatable bonds is 2. The van der Waals surface area contributed by atoms with Gasteiger partial charge in [0.15, 0.2) is 5.76 Å². The van der Waals surface area contributed by atoms with Crippen molar-refractivity contribution in [3.63, 3.8) is 0 Å². The summed E-state index contributed by atoms with van der Waals surface area (Å²) in [6, 6.07) is 9.46. The molecule has 1 N–H and O–H groups in total. The summed E-state index contributed by atoms with van der Waals surface area (Å²) in [6.45, 7) is 0. The maximum atomic E-state index is 10.1. The quantitative estimate of drug-likeness (QED) is 0.808. The molecule has 1 heterocycles. The van der Waals surface area contributed by atoms with Gasteiger partial charge in [0.25, 0.3) is 0 Å². The minimum atomic E-state index is -0.720. The summed E-state index contributed by atoms with van der Waals surface area (Å²) >= 11 is 5.53. The van der Waals surface area contributed by atoms with Crippen molar-refractivity contribution in [3.8, 4) is 0 Å². The van der Waals surface area contributed by atoms with E-state index in [1.165, 1.54) is 0 Å². The van der Waals surface area contributed by atoms with Gasteiger partial charge in [-0.15, -0.1) is 0 Å². The summed E-state index contributed by atoms with van der Waals surface area (Å²) < 4.78 is 7.04. The SMILES string of the molecule is OC(c1ccccc1I)c1occc1Br. The smallest absolute Gasteiger partial charge is 0.150 e. The van der Waals surface area contributed by atoms with Gasteiger partial charge in [-0.3, -0.25) is 0 Å². The van der Waals surface area contributed by atoms with Crippen LogP contribution in [-0.4, -0.2) is 5.11 Å². The van der Waals surface area contributed by atoms with Crippen LogP contribution in [0.3, 0.4) is 0 Å². The molecule has 0 aliphatic rings. The highest BCUT2D eigenvalue weighted by molar-refractivity contribution is 14.1. The molecule has 15 heavy (non-hydrogen) atoms. The van der Waals surface area contributed by atoms with E-state index in [1.54, 1.807) is 12.3 Å². The highest BCUT2D eigenvalue weighted by Crippen LogP contribution is 2.31. The number of hydrogen-bond donors (Lipinski definition) is 1. The number of aliphatic hydroxyl groups excluding tert-OH is 1. The van der Waals surface area contributed by atoms with E-state index in [0.717, 1.165) is 13.6 Å². The van der Waals surface area contributed by atoms with Crippen LogP contribution in [-0.2, 0) is 0 Å². The van der Waals surface area contributed by atoms with E-state index in [0.29, 0.717) is 5.76 Å². The second kappa shape index (κ2) is 4.67. The van der Waals surface area contributed by atoms with Crippen molar-refractivity contribution in [1.29, 1.82) is 0 Å². The van der Waals surface area contributed by atoms with Crippen molar-refractivity contribution in [2.24, 2.45) is 0 Å². The fourth-order valence-electron chi connectivity index (χ4n) is 1.34. The average molecular weight is 379 g/mol. The highest BCUT2D eigenvalue weighted by atomic mass is 127. The van der Waals surface area contributed by atoms with Gasteiger partial charge in [-0.1, -0.05) is 18.2 Å². The molecule has 0 spiro atoms. The minimum absolute atomic E-state index is 0.541. The summed E-state index contributed by atoms with van der Waals surface area (Å²) in [5.41, 5.74) is 0.855. The monoisotopic (exact) mass is 378 g/mol. The lowest BCUT2D eigenvalue weighted by molar-refractivity contribution is 0.187. The van der Waals surface area contributed by atoms with Crippen LogP contribution in [0.5, 0.6) is 0 Å². The van der Waals surface area contributed by atoms with Crippen molar-refractivity contribution in [2.45, 2.75) is 6.10 Å². The van der Waals surface area contributed by atoms with Crippen LogP contribution in [0.25, 0.3) is 0 Å². The normalized spacial score (nSPS) is 12.7. The van der Waals surface area contributed by atoms with Crippen molar-refractivity contribution in [1.82, 2.24) is 0 Å². The zero-order chi connectivity index (χ0) is 10.8. The molecule has 2 nitrogen and oxygen atoms in total. The van der Waals surface area contributed by atoms with Crippen LogP contribution >= 0.6 is 38.5 Å². The molecule has 1 atom stereocenters. The van der Waals surface area contributed by atoms with E-state index in [1.807, 2.05) is 24.3 Å². The maximum Gasteiger partial charge on any atom is 0.150 e. The molecule has 0 radical (unpaired) electrons. The van der Waals surface area contributed by atoms with Crippen LogP contribution in [0, 0.1) is 3.57 Å². The lowest BCUT2D eigenvalue weighted by atomic mass is 10.1. The Kier molecular flexibility index (Phi) is 3.48. The third-order valence-electron chi connectivity index (χ3n) is 2.09. The summed E-state index contributed by atoms with van der Waals surface area (Å²) in [6.07, 6.45) is 0.834. The topological polar surface area (TPSA) is 33.4 Å².